The molecule has 8 nitrogen and oxygen atoms in total. The molecular formula is C16H18N4O4. The Morgan fingerprint density at radius 2 is 2.17 bits per heavy atom. The maximum atomic E-state index is 12.4. The number of carbonyl (C=O) groups excluding carboxylic acids is 2. The smallest absolute Gasteiger partial charge is 0.321 e. The number of aromatic nitrogens is 1. The Balaban J connectivity index is 1.83. The fourth-order valence-corrected chi connectivity index (χ4v) is 2.81. The normalized spacial score (nSPS) is 20.2. The number of rotatable bonds is 3. The van der Waals surface area contributed by atoms with Gasteiger partial charge in [-0.05, 0) is 18.2 Å². The second-order valence-corrected chi connectivity index (χ2v) is 5.72. The van der Waals surface area contributed by atoms with E-state index in [1.807, 2.05) is 6.07 Å². The predicted octanol–water partition coefficient (Wildman–Crippen LogP) is 0.697. The third-order valence-corrected chi connectivity index (χ3v) is 4.20. The summed E-state index contributed by atoms with van der Waals surface area (Å²) in [6.07, 6.45) is 1.72. The molecule has 0 radical (unpaired) electrons. The van der Waals surface area contributed by atoms with Crippen molar-refractivity contribution in [2.45, 2.75) is 12.0 Å². The Morgan fingerprint density at radius 3 is 2.83 bits per heavy atom. The zero-order valence-corrected chi connectivity index (χ0v) is 13.2. The average Bonchev–Trinajstić information content (AvgIpc) is 2.98. The summed E-state index contributed by atoms with van der Waals surface area (Å²) in [5, 5.41) is 14.4. The maximum absolute atomic E-state index is 12.4. The molecule has 3 rings (SSSR count). The molecule has 1 aromatic carbocycles. The zero-order chi connectivity index (χ0) is 17.3. The van der Waals surface area contributed by atoms with Gasteiger partial charge in [0.1, 0.15) is 0 Å². The van der Waals surface area contributed by atoms with Crippen LogP contribution in [0.3, 0.4) is 0 Å². The van der Waals surface area contributed by atoms with Crippen LogP contribution in [0.2, 0.25) is 0 Å². The van der Waals surface area contributed by atoms with Crippen molar-refractivity contribution in [2.75, 3.05) is 25.5 Å². The minimum atomic E-state index is -1.66. The Hall–Kier alpha value is -2.87. The lowest BCUT2D eigenvalue weighted by atomic mass is 10.0. The van der Waals surface area contributed by atoms with Gasteiger partial charge in [-0.25, -0.2) is 9.78 Å². The van der Waals surface area contributed by atoms with Gasteiger partial charge in [0.05, 0.1) is 19.3 Å². The van der Waals surface area contributed by atoms with Crippen LogP contribution in [0, 0.1) is 0 Å². The van der Waals surface area contributed by atoms with E-state index in [-0.39, 0.29) is 19.5 Å². The molecule has 24 heavy (non-hydrogen) atoms. The summed E-state index contributed by atoms with van der Waals surface area (Å²) in [6, 6.07) is 6.76. The van der Waals surface area contributed by atoms with Crippen molar-refractivity contribution in [2.24, 2.45) is 5.73 Å². The minimum absolute atomic E-state index is 0.121. The number of hydrogen-bond acceptors (Lipinski definition) is 5. The van der Waals surface area contributed by atoms with Gasteiger partial charge in [0.2, 0.25) is 5.88 Å². The van der Waals surface area contributed by atoms with Crippen LogP contribution < -0.4 is 15.8 Å². The molecule has 0 saturated carbocycles. The van der Waals surface area contributed by atoms with Gasteiger partial charge in [0.15, 0.2) is 5.60 Å². The fraction of sp³-hybridized carbons (Fsp3) is 0.312. The van der Waals surface area contributed by atoms with Crippen LogP contribution in [-0.4, -0.2) is 52.7 Å². The third-order valence-electron chi connectivity index (χ3n) is 4.20. The number of anilines is 1. The summed E-state index contributed by atoms with van der Waals surface area (Å²) < 4.78 is 5.22. The van der Waals surface area contributed by atoms with Crippen LogP contribution >= 0.6 is 0 Å². The van der Waals surface area contributed by atoms with Gasteiger partial charge in [-0.3, -0.25) is 4.79 Å². The summed E-state index contributed by atoms with van der Waals surface area (Å²) in [4.78, 5) is 29.2. The molecule has 1 atom stereocenters. The molecule has 1 saturated heterocycles. The van der Waals surface area contributed by atoms with Gasteiger partial charge >= 0.3 is 6.03 Å². The van der Waals surface area contributed by atoms with Crippen LogP contribution in [0.5, 0.6) is 5.88 Å². The number of benzene rings is 1. The number of pyridine rings is 1. The molecule has 2 aromatic rings. The highest BCUT2D eigenvalue weighted by atomic mass is 16.5. The predicted molar refractivity (Wildman–Crippen MR) is 87.6 cm³/mol. The first-order valence-corrected chi connectivity index (χ1v) is 7.44. The summed E-state index contributed by atoms with van der Waals surface area (Å²) in [7, 11) is 1.53. The first-order valence-electron chi connectivity index (χ1n) is 7.44. The fourth-order valence-electron chi connectivity index (χ4n) is 2.81. The monoisotopic (exact) mass is 330 g/mol. The molecule has 0 aliphatic carbocycles. The van der Waals surface area contributed by atoms with E-state index >= 15 is 0 Å². The molecule has 0 spiro atoms. The molecule has 1 aliphatic rings. The van der Waals surface area contributed by atoms with E-state index in [1.165, 1.54) is 12.0 Å². The topological polar surface area (TPSA) is 118 Å². The van der Waals surface area contributed by atoms with Crippen LogP contribution in [0.25, 0.3) is 10.8 Å². The van der Waals surface area contributed by atoms with Crippen LogP contribution in [0.4, 0.5) is 10.5 Å². The van der Waals surface area contributed by atoms with Crippen LogP contribution in [0.1, 0.15) is 6.42 Å². The number of nitrogens with one attached hydrogen (secondary N) is 1. The minimum Gasteiger partial charge on any atom is -0.481 e. The molecule has 126 valence electrons. The highest BCUT2D eigenvalue weighted by molar-refractivity contribution is 6.03. The highest BCUT2D eigenvalue weighted by Crippen LogP contribution is 2.29. The van der Waals surface area contributed by atoms with E-state index < -0.39 is 17.5 Å². The number of aliphatic hydroxyl groups is 1. The van der Waals surface area contributed by atoms with Gasteiger partial charge < -0.3 is 25.8 Å². The molecule has 3 amide bonds. The number of ether oxygens (including phenoxy) is 1. The summed E-state index contributed by atoms with van der Waals surface area (Å²) >= 11 is 0. The van der Waals surface area contributed by atoms with Crippen molar-refractivity contribution in [3.63, 3.8) is 0 Å². The second-order valence-electron chi connectivity index (χ2n) is 5.72. The van der Waals surface area contributed by atoms with Crippen molar-refractivity contribution in [3.8, 4) is 5.88 Å². The first kappa shape index (κ1) is 16.0. The molecule has 0 bridgehead atoms. The second kappa shape index (κ2) is 5.97. The van der Waals surface area contributed by atoms with Gasteiger partial charge in [0.25, 0.3) is 5.91 Å². The number of methoxy groups -OCH3 is 1. The number of primary amides is 1. The van der Waals surface area contributed by atoms with Crippen molar-refractivity contribution < 1.29 is 19.4 Å². The van der Waals surface area contributed by atoms with Crippen molar-refractivity contribution in [3.05, 3.63) is 30.5 Å². The molecule has 2 heterocycles. The van der Waals surface area contributed by atoms with E-state index in [4.69, 9.17) is 10.5 Å². The van der Waals surface area contributed by atoms with Crippen molar-refractivity contribution in [1.29, 1.82) is 0 Å². The van der Waals surface area contributed by atoms with E-state index in [1.54, 1.807) is 24.4 Å². The lowest BCUT2D eigenvalue weighted by molar-refractivity contribution is -0.134. The van der Waals surface area contributed by atoms with Gasteiger partial charge in [-0.15, -0.1) is 0 Å². The highest BCUT2D eigenvalue weighted by Gasteiger charge is 2.43. The number of amides is 3. The Bertz CT molecular complexity index is 810. The van der Waals surface area contributed by atoms with Crippen molar-refractivity contribution >= 4 is 28.4 Å². The molecule has 4 N–H and O–H groups in total. The lowest BCUT2D eigenvalue weighted by Gasteiger charge is -2.21. The standard InChI is InChI=1S/C16H18N4O4/c1-24-13-11-3-2-4-12(10(11)5-7-18-13)19-15(22)20-8-6-16(23,9-20)14(17)21/h2-5,7,23H,6,8-9H2,1H3,(H2,17,21)(H,19,22)/t16-/m0/s1. The Labute approximate surface area is 138 Å². The molecular weight excluding hydrogens is 312 g/mol. The number of β-amino-alcohol motifs (C(OH)–C–C–N with tert-alkyl or cyclic N) is 1. The van der Waals surface area contributed by atoms with Gasteiger partial charge in [-0.1, -0.05) is 6.07 Å². The lowest BCUT2D eigenvalue weighted by Crippen LogP contribution is -2.47. The van der Waals surface area contributed by atoms with E-state index in [0.29, 0.717) is 11.6 Å². The number of nitrogens with zero attached hydrogens (tertiary/aromatic N) is 2. The Kier molecular flexibility index (Phi) is 3.98. The van der Waals surface area contributed by atoms with Crippen LogP contribution in [0.15, 0.2) is 30.5 Å². The molecule has 1 aliphatic heterocycles. The first-order chi connectivity index (χ1) is 11.4. The van der Waals surface area contributed by atoms with E-state index in [2.05, 4.69) is 10.3 Å². The number of urea groups is 1. The number of fused-ring (bicyclic) bond motifs is 1. The number of carbonyl (C=O) groups is 2. The summed E-state index contributed by atoms with van der Waals surface area (Å²) in [5.74, 6) is -0.355. The zero-order valence-electron chi connectivity index (χ0n) is 13.2. The SMILES string of the molecule is COc1nccc2c(NC(=O)N3CC[C@@](O)(C(N)=O)C3)cccc12. The number of hydrogen-bond donors (Lipinski definition) is 3. The van der Waals surface area contributed by atoms with Crippen LogP contribution in [-0.2, 0) is 4.79 Å². The molecule has 8 heteroatoms. The quantitative estimate of drug-likeness (QED) is 0.765. The largest absolute Gasteiger partial charge is 0.481 e. The van der Waals surface area contributed by atoms with Crippen molar-refractivity contribution in [1.82, 2.24) is 9.88 Å². The van der Waals surface area contributed by atoms with Gasteiger partial charge in [-0.2, -0.15) is 0 Å². The Morgan fingerprint density at radius 1 is 1.38 bits per heavy atom. The average molecular weight is 330 g/mol. The number of nitrogens with two attached hydrogens (primary N) is 1. The molecule has 0 unspecified atom stereocenters. The molecule has 1 aromatic heterocycles. The van der Waals surface area contributed by atoms with Gasteiger partial charge in [0, 0.05) is 29.9 Å². The molecule has 1 fully saturated rings. The third kappa shape index (κ3) is 2.71. The summed E-state index contributed by atoms with van der Waals surface area (Å²) in [6.45, 7) is 0.130. The maximum Gasteiger partial charge on any atom is 0.321 e. The summed E-state index contributed by atoms with van der Waals surface area (Å²) in [5.41, 5.74) is 4.11. The van der Waals surface area contributed by atoms with E-state index in [9.17, 15) is 14.7 Å². The number of likely N-dealkylation sites (tertiary alicyclic amines) is 1. The van der Waals surface area contributed by atoms with E-state index in [0.717, 1.165) is 10.8 Å².